The SMILES string of the molecule is O=C(Nc1ccc(Cl)cc1F)c1cc(-c2ccc(Cl)cc2)on1. The van der Waals surface area contributed by atoms with Crippen molar-refractivity contribution in [3.8, 4) is 11.3 Å². The lowest BCUT2D eigenvalue weighted by Crippen LogP contribution is -2.13. The summed E-state index contributed by atoms with van der Waals surface area (Å²) in [4.78, 5) is 12.1. The van der Waals surface area contributed by atoms with Crippen LogP contribution in [0, 0.1) is 5.82 Å². The average Bonchev–Trinajstić information content (AvgIpc) is 3.01. The molecule has 3 rings (SSSR count). The summed E-state index contributed by atoms with van der Waals surface area (Å²) >= 11 is 11.5. The zero-order chi connectivity index (χ0) is 16.4. The van der Waals surface area contributed by atoms with Crippen LogP contribution in [0.15, 0.2) is 53.1 Å². The Bertz CT molecular complexity index is 863. The normalized spacial score (nSPS) is 10.6. The number of hydrogen-bond acceptors (Lipinski definition) is 3. The van der Waals surface area contributed by atoms with Gasteiger partial charge in [-0.05, 0) is 42.5 Å². The van der Waals surface area contributed by atoms with Gasteiger partial charge in [-0.2, -0.15) is 0 Å². The van der Waals surface area contributed by atoms with Gasteiger partial charge in [0, 0.05) is 21.7 Å². The first-order valence-corrected chi connectivity index (χ1v) is 7.27. The quantitative estimate of drug-likeness (QED) is 0.719. The number of carbonyl (C=O) groups is 1. The molecule has 0 fully saturated rings. The summed E-state index contributed by atoms with van der Waals surface area (Å²) in [6.07, 6.45) is 0. The molecular weight excluding hydrogens is 342 g/mol. The number of nitrogens with one attached hydrogen (secondary N) is 1. The number of halogens is 3. The molecular formula is C16H9Cl2FN2O2. The molecule has 1 N–H and O–H groups in total. The van der Waals surface area contributed by atoms with Gasteiger partial charge in [-0.3, -0.25) is 4.79 Å². The number of benzene rings is 2. The molecule has 0 radical (unpaired) electrons. The molecule has 0 aliphatic carbocycles. The Morgan fingerprint density at radius 3 is 2.43 bits per heavy atom. The number of carbonyl (C=O) groups excluding carboxylic acids is 1. The maximum Gasteiger partial charge on any atom is 0.277 e. The molecule has 0 aliphatic heterocycles. The van der Waals surface area contributed by atoms with Crippen LogP contribution in [0.4, 0.5) is 10.1 Å². The molecule has 116 valence electrons. The highest BCUT2D eigenvalue weighted by molar-refractivity contribution is 6.31. The summed E-state index contributed by atoms with van der Waals surface area (Å²) in [5.41, 5.74) is 0.762. The van der Waals surface area contributed by atoms with Gasteiger partial charge in [0.25, 0.3) is 5.91 Å². The fraction of sp³-hybridized carbons (Fsp3) is 0. The van der Waals surface area contributed by atoms with Crippen LogP contribution in [0.3, 0.4) is 0 Å². The van der Waals surface area contributed by atoms with Crippen LogP contribution in [0.5, 0.6) is 0 Å². The molecule has 0 spiro atoms. The Morgan fingerprint density at radius 1 is 1.04 bits per heavy atom. The molecule has 0 saturated heterocycles. The van der Waals surface area contributed by atoms with Gasteiger partial charge in [0.05, 0.1) is 5.69 Å². The van der Waals surface area contributed by atoms with E-state index in [0.29, 0.717) is 10.8 Å². The van der Waals surface area contributed by atoms with E-state index in [1.807, 2.05) is 0 Å². The Balaban J connectivity index is 1.79. The highest BCUT2D eigenvalue weighted by Gasteiger charge is 2.15. The van der Waals surface area contributed by atoms with Crippen LogP contribution in [0.25, 0.3) is 11.3 Å². The van der Waals surface area contributed by atoms with Crippen molar-refractivity contribution >= 4 is 34.8 Å². The third-order valence-corrected chi connectivity index (χ3v) is 3.54. The Hall–Kier alpha value is -2.37. The minimum atomic E-state index is -0.632. The fourth-order valence-corrected chi connectivity index (χ4v) is 2.19. The van der Waals surface area contributed by atoms with E-state index in [-0.39, 0.29) is 16.4 Å². The van der Waals surface area contributed by atoms with Gasteiger partial charge in [0.2, 0.25) is 0 Å². The number of nitrogens with zero attached hydrogens (tertiary/aromatic N) is 1. The Labute approximate surface area is 140 Å². The Kier molecular flexibility index (Phi) is 4.32. The number of amides is 1. The van der Waals surface area contributed by atoms with E-state index in [1.54, 1.807) is 24.3 Å². The third-order valence-electron chi connectivity index (χ3n) is 3.05. The molecule has 23 heavy (non-hydrogen) atoms. The van der Waals surface area contributed by atoms with Crippen molar-refractivity contribution in [2.24, 2.45) is 0 Å². The zero-order valence-electron chi connectivity index (χ0n) is 11.5. The lowest BCUT2D eigenvalue weighted by Gasteiger charge is -2.04. The number of anilines is 1. The highest BCUT2D eigenvalue weighted by atomic mass is 35.5. The van der Waals surface area contributed by atoms with Gasteiger partial charge in [0.1, 0.15) is 5.82 Å². The smallest absolute Gasteiger partial charge is 0.277 e. The first kappa shape index (κ1) is 15.5. The minimum absolute atomic E-state index is 0.00967. The van der Waals surface area contributed by atoms with E-state index in [4.69, 9.17) is 27.7 Å². The maximum atomic E-state index is 13.7. The molecule has 1 amide bonds. The van der Waals surface area contributed by atoms with Gasteiger partial charge in [-0.15, -0.1) is 0 Å². The van der Waals surface area contributed by atoms with E-state index in [9.17, 15) is 9.18 Å². The molecule has 0 atom stereocenters. The second kappa shape index (κ2) is 6.40. The topological polar surface area (TPSA) is 55.1 Å². The van der Waals surface area contributed by atoms with Gasteiger partial charge in [-0.1, -0.05) is 28.4 Å². The predicted molar refractivity (Wildman–Crippen MR) is 86.3 cm³/mol. The zero-order valence-corrected chi connectivity index (χ0v) is 13.0. The van der Waals surface area contributed by atoms with E-state index >= 15 is 0 Å². The van der Waals surface area contributed by atoms with Crippen LogP contribution in [-0.4, -0.2) is 11.1 Å². The van der Waals surface area contributed by atoms with Gasteiger partial charge in [0.15, 0.2) is 11.5 Å². The van der Waals surface area contributed by atoms with E-state index in [2.05, 4.69) is 10.5 Å². The first-order valence-electron chi connectivity index (χ1n) is 6.52. The molecule has 2 aromatic carbocycles. The van der Waals surface area contributed by atoms with Gasteiger partial charge in [-0.25, -0.2) is 4.39 Å². The molecule has 1 heterocycles. The van der Waals surface area contributed by atoms with Crippen LogP contribution in [0.2, 0.25) is 10.0 Å². The van der Waals surface area contributed by atoms with Gasteiger partial charge < -0.3 is 9.84 Å². The van der Waals surface area contributed by atoms with E-state index in [0.717, 1.165) is 11.6 Å². The predicted octanol–water partition coefficient (Wildman–Crippen LogP) is 5.04. The van der Waals surface area contributed by atoms with Crippen LogP contribution in [-0.2, 0) is 0 Å². The van der Waals surface area contributed by atoms with E-state index < -0.39 is 11.7 Å². The lowest BCUT2D eigenvalue weighted by atomic mass is 10.1. The molecule has 0 unspecified atom stereocenters. The van der Waals surface area contributed by atoms with Crippen molar-refractivity contribution in [3.05, 3.63) is 70.1 Å². The molecule has 7 heteroatoms. The molecule has 0 aliphatic rings. The second-order valence-corrected chi connectivity index (χ2v) is 5.53. The molecule has 0 bridgehead atoms. The van der Waals surface area contributed by atoms with Crippen LogP contribution < -0.4 is 5.32 Å². The molecule has 0 saturated carbocycles. The molecule has 4 nitrogen and oxygen atoms in total. The summed E-state index contributed by atoms with van der Waals surface area (Å²) in [6, 6.07) is 12.3. The Morgan fingerprint density at radius 2 is 1.74 bits per heavy atom. The molecule has 3 aromatic rings. The second-order valence-electron chi connectivity index (χ2n) is 4.66. The fourth-order valence-electron chi connectivity index (χ4n) is 1.91. The summed E-state index contributed by atoms with van der Waals surface area (Å²) in [6.45, 7) is 0. The third kappa shape index (κ3) is 3.52. The van der Waals surface area contributed by atoms with Gasteiger partial charge >= 0.3 is 0 Å². The largest absolute Gasteiger partial charge is 0.355 e. The number of aromatic nitrogens is 1. The van der Waals surface area contributed by atoms with Crippen molar-refractivity contribution in [2.45, 2.75) is 0 Å². The first-order chi connectivity index (χ1) is 11.0. The number of rotatable bonds is 3. The van der Waals surface area contributed by atoms with E-state index in [1.165, 1.54) is 18.2 Å². The summed E-state index contributed by atoms with van der Waals surface area (Å²) < 4.78 is 18.8. The van der Waals surface area contributed by atoms with Crippen molar-refractivity contribution in [1.29, 1.82) is 0 Å². The summed E-state index contributed by atoms with van der Waals surface area (Å²) in [5, 5.41) is 6.93. The average molecular weight is 351 g/mol. The maximum absolute atomic E-state index is 13.7. The summed E-state index contributed by atoms with van der Waals surface area (Å²) in [5.74, 6) is -0.814. The van der Waals surface area contributed by atoms with Crippen LogP contribution in [0.1, 0.15) is 10.5 Å². The summed E-state index contributed by atoms with van der Waals surface area (Å²) in [7, 11) is 0. The monoisotopic (exact) mass is 350 g/mol. The van der Waals surface area contributed by atoms with Crippen LogP contribution >= 0.6 is 23.2 Å². The van der Waals surface area contributed by atoms with Crippen molar-refractivity contribution in [1.82, 2.24) is 5.16 Å². The lowest BCUT2D eigenvalue weighted by molar-refractivity contribution is 0.101. The van der Waals surface area contributed by atoms with Crippen molar-refractivity contribution in [2.75, 3.05) is 5.32 Å². The highest BCUT2D eigenvalue weighted by Crippen LogP contribution is 2.23. The minimum Gasteiger partial charge on any atom is -0.355 e. The van der Waals surface area contributed by atoms with Crippen molar-refractivity contribution in [3.63, 3.8) is 0 Å². The standard InChI is InChI=1S/C16H9Cl2FN2O2/c17-10-3-1-9(2-4-10)15-8-14(21-23-15)16(22)20-13-6-5-11(18)7-12(13)19/h1-8H,(H,20,22). The molecule has 1 aromatic heterocycles. The number of hydrogen-bond donors (Lipinski definition) is 1. The van der Waals surface area contributed by atoms with Crippen molar-refractivity contribution < 1.29 is 13.7 Å².